The van der Waals surface area contributed by atoms with Crippen molar-refractivity contribution < 1.29 is 0 Å². The molecule has 0 radical (unpaired) electrons. The van der Waals surface area contributed by atoms with Crippen molar-refractivity contribution in [3.8, 4) is 33.4 Å². The van der Waals surface area contributed by atoms with Gasteiger partial charge >= 0.3 is 0 Å². The lowest BCUT2D eigenvalue weighted by Gasteiger charge is -2.34. The van der Waals surface area contributed by atoms with Crippen LogP contribution in [0.5, 0.6) is 0 Å². The first-order chi connectivity index (χ1) is 28.7. The SMILES string of the molecule is CC1(c2cccc(-c3cccc(N(c4ccccc4)c4cccc5c4-c4ccccc4C5(c4ccccc4)c4ccccc4)c3)c2)c2ccccc2-c2ccccc21. The molecule has 0 aromatic heterocycles. The smallest absolute Gasteiger partial charge is 0.0714 e. The third-order valence-electron chi connectivity index (χ3n) is 12.8. The molecule has 274 valence electrons. The molecule has 11 rings (SSSR count). The van der Waals surface area contributed by atoms with Crippen LogP contribution in [0.3, 0.4) is 0 Å². The Morgan fingerprint density at radius 1 is 0.328 bits per heavy atom. The van der Waals surface area contributed by atoms with Crippen molar-refractivity contribution in [2.24, 2.45) is 0 Å². The molecule has 0 aliphatic heterocycles. The maximum atomic E-state index is 2.46. The molecule has 0 N–H and O–H groups in total. The summed E-state index contributed by atoms with van der Waals surface area (Å²) in [6, 6.07) is 85.0. The van der Waals surface area contributed by atoms with Crippen molar-refractivity contribution in [2.45, 2.75) is 17.8 Å². The second-order valence-corrected chi connectivity index (χ2v) is 15.7. The second kappa shape index (κ2) is 13.5. The van der Waals surface area contributed by atoms with Gasteiger partial charge in [-0.05, 0) is 110 Å². The van der Waals surface area contributed by atoms with Gasteiger partial charge in [-0.25, -0.2) is 0 Å². The predicted molar refractivity (Wildman–Crippen MR) is 241 cm³/mol. The highest BCUT2D eigenvalue weighted by molar-refractivity contribution is 5.97. The van der Waals surface area contributed by atoms with E-state index in [-0.39, 0.29) is 5.41 Å². The lowest BCUT2D eigenvalue weighted by Crippen LogP contribution is -2.28. The molecule has 0 fully saturated rings. The molecule has 0 amide bonds. The average molecular weight is 740 g/mol. The zero-order chi connectivity index (χ0) is 38.7. The van der Waals surface area contributed by atoms with E-state index >= 15 is 0 Å². The minimum absolute atomic E-state index is 0.265. The number of rotatable bonds is 7. The minimum atomic E-state index is -0.483. The van der Waals surface area contributed by atoms with Gasteiger partial charge in [0.25, 0.3) is 0 Å². The molecule has 0 unspecified atom stereocenters. The summed E-state index contributed by atoms with van der Waals surface area (Å²) in [7, 11) is 0. The van der Waals surface area contributed by atoms with E-state index in [9.17, 15) is 0 Å². The van der Waals surface area contributed by atoms with Crippen molar-refractivity contribution >= 4 is 17.1 Å². The molecule has 9 aromatic rings. The number of anilines is 3. The minimum Gasteiger partial charge on any atom is -0.310 e. The summed E-state index contributed by atoms with van der Waals surface area (Å²) < 4.78 is 0. The summed E-state index contributed by atoms with van der Waals surface area (Å²) in [5.41, 5.74) is 19.3. The Kier molecular flexibility index (Phi) is 7.91. The van der Waals surface area contributed by atoms with Gasteiger partial charge in [-0.3, -0.25) is 0 Å². The Morgan fingerprint density at radius 2 is 0.776 bits per heavy atom. The van der Waals surface area contributed by atoms with Crippen LogP contribution < -0.4 is 4.90 Å². The molecule has 9 aromatic carbocycles. The Morgan fingerprint density at radius 3 is 1.41 bits per heavy atom. The van der Waals surface area contributed by atoms with E-state index in [2.05, 4.69) is 242 Å². The van der Waals surface area contributed by atoms with Gasteiger partial charge in [0.15, 0.2) is 0 Å². The number of para-hydroxylation sites is 1. The number of benzene rings is 9. The summed E-state index contributed by atoms with van der Waals surface area (Å²) in [5.74, 6) is 0. The average Bonchev–Trinajstić information content (AvgIpc) is 3.76. The van der Waals surface area contributed by atoms with E-state index in [4.69, 9.17) is 0 Å². The van der Waals surface area contributed by atoms with Crippen molar-refractivity contribution in [1.29, 1.82) is 0 Å². The molecule has 0 spiro atoms. The second-order valence-electron chi connectivity index (χ2n) is 15.7. The normalized spacial score (nSPS) is 13.9. The third kappa shape index (κ3) is 4.96. The fourth-order valence-corrected chi connectivity index (χ4v) is 10.3. The van der Waals surface area contributed by atoms with Crippen LogP contribution in [-0.2, 0) is 10.8 Å². The van der Waals surface area contributed by atoms with Gasteiger partial charge in [0.1, 0.15) is 0 Å². The number of fused-ring (bicyclic) bond motifs is 6. The van der Waals surface area contributed by atoms with Crippen LogP contribution in [0.25, 0.3) is 33.4 Å². The monoisotopic (exact) mass is 739 g/mol. The Hall–Kier alpha value is -7.22. The standard InChI is InChI=1S/C57H41N/c1-56(50-33-14-11-30-47(50)48-31-12-15-34-51(48)56)44-26-17-20-40(38-44)41-21-18-29-46(39-41)58(45-27-9-4-10-28-45)54-37-19-36-53-55(54)49-32-13-16-35-52(49)57(53,42-22-5-2-6-23-42)43-24-7-3-8-25-43/h2-39H,1H3. The summed E-state index contributed by atoms with van der Waals surface area (Å²) in [5, 5.41) is 0. The first-order valence-corrected chi connectivity index (χ1v) is 20.3. The lowest BCUT2D eigenvalue weighted by molar-refractivity contribution is 0.714. The Labute approximate surface area is 341 Å². The Bertz CT molecular complexity index is 2880. The molecule has 1 heteroatoms. The summed E-state index contributed by atoms with van der Waals surface area (Å²) >= 11 is 0. The number of nitrogens with zero attached hydrogens (tertiary/aromatic N) is 1. The molecule has 0 atom stereocenters. The van der Waals surface area contributed by atoms with E-state index < -0.39 is 5.41 Å². The molecule has 0 saturated heterocycles. The van der Waals surface area contributed by atoms with Crippen LogP contribution in [0.4, 0.5) is 17.1 Å². The van der Waals surface area contributed by atoms with E-state index in [1.54, 1.807) is 0 Å². The van der Waals surface area contributed by atoms with E-state index in [1.165, 1.54) is 72.3 Å². The first-order valence-electron chi connectivity index (χ1n) is 20.3. The molecule has 58 heavy (non-hydrogen) atoms. The van der Waals surface area contributed by atoms with Crippen molar-refractivity contribution in [3.63, 3.8) is 0 Å². The van der Waals surface area contributed by atoms with Crippen LogP contribution in [0, 0.1) is 0 Å². The summed E-state index contributed by atoms with van der Waals surface area (Å²) in [6.45, 7) is 2.39. The van der Waals surface area contributed by atoms with Gasteiger partial charge < -0.3 is 4.90 Å². The van der Waals surface area contributed by atoms with Gasteiger partial charge in [0.2, 0.25) is 0 Å². The molecular weight excluding hydrogens is 699 g/mol. The predicted octanol–water partition coefficient (Wildman–Crippen LogP) is 14.5. The Balaban J connectivity index is 1.10. The van der Waals surface area contributed by atoms with Crippen LogP contribution in [0.2, 0.25) is 0 Å². The van der Waals surface area contributed by atoms with Crippen molar-refractivity contribution in [1.82, 2.24) is 0 Å². The van der Waals surface area contributed by atoms with Crippen LogP contribution in [0.1, 0.15) is 45.9 Å². The number of hydrogen-bond donors (Lipinski definition) is 0. The molecule has 2 aliphatic rings. The van der Waals surface area contributed by atoms with E-state index in [0.29, 0.717) is 0 Å². The largest absolute Gasteiger partial charge is 0.310 e. The quantitative estimate of drug-likeness (QED) is 0.157. The molecule has 0 saturated carbocycles. The lowest BCUT2D eigenvalue weighted by atomic mass is 9.68. The van der Waals surface area contributed by atoms with Gasteiger partial charge in [-0.15, -0.1) is 0 Å². The zero-order valence-corrected chi connectivity index (χ0v) is 32.4. The van der Waals surface area contributed by atoms with Crippen molar-refractivity contribution in [2.75, 3.05) is 4.90 Å². The van der Waals surface area contributed by atoms with Gasteiger partial charge in [0.05, 0.1) is 11.1 Å². The van der Waals surface area contributed by atoms with Gasteiger partial charge in [0, 0.05) is 22.4 Å². The van der Waals surface area contributed by atoms with E-state index in [1.807, 2.05) is 0 Å². The highest BCUT2D eigenvalue weighted by atomic mass is 15.1. The fraction of sp³-hybridized carbons (Fsp3) is 0.0526. The maximum absolute atomic E-state index is 2.46. The molecular formula is C57H41N. The van der Waals surface area contributed by atoms with Gasteiger partial charge in [-0.1, -0.05) is 194 Å². The molecule has 0 heterocycles. The van der Waals surface area contributed by atoms with Crippen molar-refractivity contribution in [3.05, 3.63) is 269 Å². The molecule has 2 aliphatic carbocycles. The molecule has 0 bridgehead atoms. The third-order valence-corrected chi connectivity index (χ3v) is 12.8. The first kappa shape index (κ1) is 34.1. The highest BCUT2D eigenvalue weighted by Gasteiger charge is 2.47. The van der Waals surface area contributed by atoms with E-state index in [0.717, 1.165) is 17.1 Å². The van der Waals surface area contributed by atoms with Crippen LogP contribution in [0.15, 0.2) is 231 Å². The van der Waals surface area contributed by atoms with Crippen LogP contribution >= 0.6 is 0 Å². The zero-order valence-electron chi connectivity index (χ0n) is 32.4. The topological polar surface area (TPSA) is 3.24 Å². The van der Waals surface area contributed by atoms with Crippen LogP contribution in [-0.4, -0.2) is 0 Å². The fourth-order valence-electron chi connectivity index (χ4n) is 10.3. The molecule has 1 nitrogen and oxygen atoms in total. The maximum Gasteiger partial charge on any atom is 0.0714 e. The number of hydrogen-bond acceptors (Lipinski definition) is 1. The summed E-state index contributed by atoms with van der Waals surface area (Å²) in [6.07, 6.45) is 0. The van der Waals surface area contributed by atoms with Gasteiger partial charge in [-0.2, -0.15) is 0 Å². The highest BCUT2D eigenvalue weighted by Crippen LogP contribution is 2.59. The summed E-state index contributed by atoms with van der Waals surface area (Å²) in [4.78, 5) is 2.46.